The first-order valence-electron chi connectivity index (χ1n) is 7.35. The van der Waals surface area contributed by atoms with E-state index in [1.54, 1.807) is 6.92 Å². The van der Waals surface area contributed by atoms with Crippen LogP contribution in [0.3, 0.4) is 0 Å². The van der Waals surface area contributed by atoms with Crippen molar-refractivity contribution < 1.29 is 32.2 Å². The Morgan fingerprint density at radius 3 is 2.65 bits per heavy atom. The van der Waals surface area contributed by atoms with Crippen LogP contribution in [0, 0.1) is 0 Å². The van der Waals surface area contributed by atoms with Gasteiger partial charge < -0.3 is 14.2 Å². The molecule has 1 aliphatic rings. The van der Waals surface area contributed by atoms with Gasteiger partial charge in [-0.1, -0.05) is 23.2 Å². The summed E-state index contributed by atoms with van der Waals surface area (Å²) >= 11 is 11.7. The number of nitrogens with zero attached hydrogens (tertiary/aromatic N) is 2. The average molecular weight is 415 g/mol. The molecule has 0 N–H and O–H groups in total. The van der Waals surface area contributed by atoms with Gasteiger partial charge in [-0.3, -0.25) is 4.68 Å². The van der Waals surface area contributed by atoms with Crippen molar-refractivity contribution in [3.8, 4) is 0 Å². The topological polar surface area (TPSA) is 62.6 Å². The van der Waals surface area contributed by atoms with Crippen LogP contribution in [0.25, 0.3) is 0 Å². The molecule has 0 radical (unpaired) electrons. The number of allylic oxidation sites excluding steroid dienone is 1. The van der Waals surface area contributed by atoms with Crippen LogP contribution in [0.15, 0.2) is 35.2 Å². The second-order valence-electron chi connectivity index (χ2n) is 5.21. The predicted octanol–water partition coefficient (Wildman–Crippen LogP) is 3.36. The van der Waals surface area contributed by atoms with Crippen molar-refractivity contribution in [1.29, 1.82) is 0 Å². The van der Waals surface area contributed by atoms with E-state index in [1.165, 1.54) is 24.0 Å². The number of aryl methyl sites for hydroxylation is 1. The van der Waals surface area contributed by atoms with Gasteiger partial charge in [0, 0.05) is 19.3 Å². The van der Waals surface area contributed by atoms with Gasteiger partial charge in [0.25, 0.3) is 0 Å². The van der Waals surface area contributed by atoms with E-state index in [-0.39, 0.29) is 23.1 Å². The summed E-state index contributed by atoms with van der Waals surface area (Å²) in [4.78, 5) is 11.4. The van der Waals surface area contributed by atoms with Crippen LogP contribution < -0.4 is 0 Å². The van der Waals surface area contributed by atoms with E-state index in [9.17, 15) is 13.6 Å². The van der Waals surface area contributed by atoms with Crippen LogP contribution in [0.2, 0.25) is 0 Å². The number of rotatable bonds is 7. The van der Waals surface area contributed by atoms with Gasteiger partial charge in [-0.15, -0.1) is 0 Å². The Morgan fingerprint density at radius 2 is 2.12 bits per heavy atom. The summed E-state index contributed by atoms with van der Waals surface area (Å²) in [5.74, 6) is -1.00. The standard InChI is InChI=1S/C15H15Cl2F3N2O4/c1-3-24-12(23)8-25-10-7-14(26-13(18)19,11-4-5-22(2)21-11)15(17,20)6-9(10)16/h4-7,13H,3,8H2,1-2H3. The molecule has 2 unspecified atom stereocenters. The average Bonchev–Trinajstić information content (AvgIpc) is 2.95. The number of carbonyl (C=O) groups excluding carboxylic acids is 1. The quantitative estimate of drug-likeness (QED) is 0.505. The number of hydrogen-bond donors (Lipinski definition) is 0. The van der Waals surface area contributed by atoms with Gasteiger partial charge in [0.05, 0.1) is 11.6 Å². The summed E-state index contributed by atoms with van der Waals surface area (Å²) in [5, 5.41) is 0.592. The molecule has 1 heterocycles. The normalized spacial score (nSPS) is 25.7. The minimum atomic E-state index is -3.39. The second-order valence-corrected chi connectivity index (χ2v) is 6.16. The molecule has 1 aromatic rings. The Hall–Kier alpha value is -1.71. The fourth-order valence-electron chi connectivity index (χ4n) is 2.31. The zero-order chi connectivity index (χ0) is 19.5. The maximum Gasteiger partial charge on any atom is 0.346 e. The van der Waals surface area contributed by atoms with Gasteiger partial charge in [-0.25, -0.2) is 9.18 Å². The lowest BCUT2D eigenvalue weighted by molar-refractivity contribution is -0.220. The Labute approximate surface area is 157 Å². The molecule has 0 bridgehead atoms. The van der Waals surface area contributed by atoms with Crippen LogP contribution in [0.1, 0.15) is 12.6 Å². The Bertz CT molecular complexity index is 736. The third-order valence-electron chi connectivity index (χ3n) is 3.39. The van der Waals surface area contributed by atoms with E-state index in [4.69, 9.17) is 32.7 Å². The van der Waals surface area contributed by atoms with Crippen molar-refractivity contribution >= 4 is 29.2 Å². The molecule has 26 heavy (non-hydrogen) atoms. The van der Waals surface area contributed by atoms with Crippen LogP contribution in [-0.2, 0) is 31.7 Å². The summed E-state index contributed by atoms with van der Waals surface area (Å²) in [6, 6.07) is 1.26. The number of carbonyl (C=O) groups is 1. The lowest BCUT2D eigenvalue weighted by Crippen LogP contribution is -2.48. The number of aromatic nitrogens is 2. The molecule has 0 saturated heterocycles. The van der Waals surface area contributed by atoms with E-state index < -0.39 is 29.9 Å². The molecular formula is C15H15Cl2F3N2O4. The summed E-state index contributed by atoms with van der Waals surface area (Å²) in [7, 11) is 1.50. The SMILES string of the molecule is CCOC(=O)COC1=CC(OC(F)F)(c2ccn(C)n2)C(F)(Cl)C=C1Cl. The van der Waals surface area contributed by atoms with Gasteiger partial charge in [0.2, 0.25) is 5.13 Å². The fourth-order valence-corrected chi connectivity index (χ4v) is 2.93. The Morgan fingerprint density at radius 1 is 1.42 bits per heavy atom. The summed E-state index contributed by atoms with van der Waals surface area (Å²) in [6.45, 7) is -2.25. The molecule has 2 atom stereocenters. The number of esters is 1. The van der Waals surface area contributed by atoms with Crippen molar-refractivity contribution in [2.75, 3.05) is 13.2 Å². The van der Waals surface area contributed by atoms with Crippen LogP contribution in [0.5, 0.6) is 0 Å². The van der Waals surface area contributed by atoms with Gasteiger partial charge in [0.15, 0.2) is 12.2 Å². The van der Waals surface area contributed by atoms with Crippen molar-refractivity contribution in [1.82, 2.24) is 9.78 Å². The third kappa shape index (κ3) is 4.16. The van der Waals surface area contributed by atoms with Crippen LogP contribution in [-0.4, -0.2) is 40.7 Å². The molecule has 1 aromatic heterocycles. The molecule has 144 valence electrons. The highest BCUT2D eigenvalue weighted by Gasteiger charge is 2.57. The smallest absolute Gasteiger partial charge is 0.346 e. The lowest BCUT2D eigenvalue weighted by atomic mass is 9.88. The molecule has 11 heteroatoms. The minimum absolute atomic E-state index is 0.118. The predicted molar refractivity (Wildman–Crippen MR) is 86.3 cm³/mol. The molecule has 1 aliphatic carbocycles. The van der Waals surface area contributed by atoms with Gasteiger partial charge in [-0.05, 0) is 19.1 Å². The van der Waals surface area contributed by atoms with Crippen LogP contribution >= 0.6 is 23.2 Å². The van der Waals surface area contributed by atoms with Crippen molar-refractivity contribution in [3.63, 3.8) is 0 Å². The molecule has 0 aliphatic heterocycles. The number of hydrogen-bond acceptors (Lipinski definition) is 5. The number of halogens is 5. The van der Waals surface area contributed by atoms with E-state index >= 15 is 4.39 Å². The summed E-state index contributed by atoms with van der Waals surface area (Å²) < 4.78 is 56.9. The van der Waals surface area contributed by atoms with Crippen molar-refractivity contribution in [2.24, 2.45) is 7.05 Å². The molecule has 0 amide bonds. The number of ether oxygens (including phenoxy) is 3. The Balaban J connectivity index is 2.47. The van der Waals surface area contributed by atoms with Crippen molar-refractivity contribution in [3.05, 3.63) is 40.9 Å². The van der Waals surface area contributed by atoms with E-state index in [0.717, 1.165) is 6.08 Å². The highest BCUT2D eigenvalue weighted by Crippen LogP contribution is 2.50. The number of alkyl halides is 4. The first kappa shape index (κ1) is 20.6. The molecule has 6 nitrogen and oxygen atoms in total. The zero-order valence-corrected chi connectivity index (χ0v) is 15.2. The Kier molecular flexibility index (Phi) is 6.25. The first-order chi connectivity index (χ1) is 12.1. The molecule has 0 spiro atoms. The van der Waals surface area contributed by atoms with E-state index in [1.807, 2.05) is 0 Å². The van der Waals surface area contributed by atoms with Crippen molar-refractivity contribution in [2.45, 2.75) is 24.3 Å². The largest absolute Gasteiger partial charge is 0.481 e. The zero-order valence-electron chi connectivity index (χ0n) is 13.7. The van der Waals surface area contributed by atoms with Gasteiger partial charge in [-0.2, -0.15) is 13.9 Å². The molecule has 0 aromatic carbocycles. The molecular weight excluding hydrogens is 400 g/mol. The lowest BCUT2D eigenvalue weighted by Gasteiger charge is -2.38. The summed E-state index contributed by atoms with van der Waals surface area (Å²) in [5.41, 5.74) is -2.78. The highest BCUT2D eigenvalue weighted by molar-refractivity contribution is 6.34. The van der Waals surface area contributed by atoms with Gasteiger partial charge in [0.1, 0.15) is 11.5 Å². The van der Waals surface area contributed by atoms with E-state index in [0.29, 0.717) is 6.08 Å². The van der Waals surface area contributed by atoms with Crippen LogP contribution in [0.4, 0.5) is 13.2 Å². The second kappa shape index (κ2) is 7.89. The van der Waals surface area contributed by atoms with Gasteiger partial charge >= 0.3 is 12.6 Å². The monoisotopic (exact) mass is 414 g/mol. The third-order valence-corrected chi connectivity index (χ3v) is 4.08. The molecule has 0 saturated carbocycles. The molecule has 2 rings (SSSR count). The maximum absolute atomic E-state index is 15.1. The maximum atomic E-state index is 15.1. The molecule has 0 fully saturated rings. The minimum Gasteiger partial charge on any atom is -0.481 e. The summed E-state index contributed by atoms with van der Waals surface area (Å²) in [6.07, 6.45) is 2.87. The highest BCUT2D eigenvalue weighted by atomic mass is 35.5. The first-order valence-corrected chi connectivity index (χ1v) is 8.11. The van der Waals surface area contributed by atoms with E-state index in [2.05, 4.69) is 9.84 Å². The fraction of sp³-hybridized carbons (Fsp3) is 0.467.